The van der Waals surface area contributed by atoms with E-state index in [0.717, 1.165) is 15.9 Å². The molecule has 0 fully saturated rings. The van der Waals surface area contributed by atoms with Crippen LogP contribution < -0.4 is 0 Å². The molecule has 0 saturated heterocycles. The quantitative estimate of drug-likeness (QED) is 0.786. The van der Waals surface area contributed by atoms with Gasteiger partial charge in [-0.05, 0) is 18.2 Å². The van der Waals surface area contributed by atoms with Crippen molar-refractivity contribution in [1.82, 2.24) is 14.5 Å². The molecule has 22 heavy (non-hydrogen) atoms. The number of rotatable bonds is 5. The van der Waals surface area contributed by atoms with E-state index in [9.17, 15) is 9.90 Å². The van der Waals surface area contributed by atoms with Crippen molar-refractivity contribution < 1.29 is 9.90 Å². The number of carbonyl (C=O) groups is 1. The zero-order valence-corrected chi connectivity index (χ0v) is 13.1. The normalized spacial score (nSPS) is 11.0. The molecule has 1 N–H and O–H groups in total. The monoisotopic (exact) mass is 315 g/mol. The number of hydrogen-bond acceptors (Lipinski definition) is 4. The molecule has 0 bridgehead atoms. The average molecular weight is 315 g/mol. The summed E-state index contributed by atoms with van der Waals surface area (Å²) in [6, 6.07) is 7.65. The van der Waals surface area contributed by atoms with Gasteiger partial charge >= 0.3 is 0 Å². The molecule has 3 aromatic rings. The van der Waals surface area contributed by atoms with E-state index in [1.54, 1.807) is 11.1 Å². The summed E-state index contributed by atoms with van der Waals surface area (Å²) >= 11 is 1.51. The second-order valence-electron chi connectivity index (χ2n) is 5.04. The molecule has 0 aliphatic carbocycles. The summed E-state index contributed by atoms with van der Waals surface area (Å²) in [4.78, 5) is 18.7. The van der Waals surface area contributed by atoms with Crippen LogP contribution in [0.4, 0.5) is 0 Å². The Labute approximate surface area is 132 Å². The highest BCUT2D eigenvalue weighted by molar-refractivity contribution is 7.09. The van der Waals surface area contributed by atoms with E-state index in [1.807, 2.05) is 47.5 Å². The fraction of sp³-hybridized carbons (Fsp3) is 0.250. The second kappa shape index (κ2) is 6.29. The van der Waals surface area contributed by atoms with E-state index in [1.165, 1.54) is 11.3 Å². The predicted octanol–water partition coefficient (Wildman–Crippen LogP) is 2.27. The minimum atomic E-state index is -0.0824. The van der Waals surface area contributed by atoms with Crippen molar-refractivity contribution in [3.8, 4) is 0 Å². The van der Waals surface area contributed by atoms with E-state index < -0.39 is 0 Å². The Kier molecular flexibility index (Phi) is 4.22. The molecule has 0 aliphatic heterocycles. The third kappa shape index (κ3) is 2.75. The number of aryl methyl sites for hydroxylation is 1. The smallest absolute Gasteiger partial charge is 0.255 e. The summed E-state index contributed by atoms with van der Waals surface area (Å²) in [5, 5.41) is 12.9. The van der Waals surface area contributed by atoms with Crippen LogP contribution in [0.25, 0.3) is 10.9 Å². The zero-order chi connectivity index (χ0) is 15.5. The maximum absolute atomic E-state index is 12.9. The average Bonchev–Trinajstić information content (AvgIpc) is 3.16. The van der Waals surface area contributed by atoms with Crippen molar-refractivity contribution in [2.24, 2.45) is 7.05 Å². The molecule has 0 spiro atoms. The van der Waals surface area contributed by atoms with Crippen molar-refractivity contribution in [3.63, 3.8) is 0 Å². The van der Waals surface area contributed by atoms with Crippen molar-refractivity contribution in [2.45, 2.75) is 6.54 Å². The molecule has 2 aromatic heterocycles. The van der Waals surface area contributed by atoms with Crippen LogP contribution in [-0.4, -0.2) is 38.6 Å². The van der Waals surface area contributed by atoms with E-state index in [0.29, 0.717) is 18.7 Å². The third-order valence-corrected chi connectivity index (χ3v) is 4.39. The van der Waals surface area contributed by atoms with Crippen molar-refractivity contribution in [2.75, 3.05) is 13.2 Å². The molecule has 1 aromatic carbocycles. The Bertz CT molecular complexity index is 780. The molecular formula is C16H17N3O2S. The van der Waals surface area contributed by atoms with Crippen LogP contribution in [-0.2, 0) is 13.6 Å². The molecule has 6 heteroatoms. The maximum Gasteiger partial charge on any atom is 0.255 e. The Morgan fingerprint density at radius 3 is 3.00 bits per heavy atom. The van der Waals surface area contributed by atoms with Gasteiger partial charge in [0.25, 0.3) is 5.91 Å². The first-order chi connectivity index (χ1) is 10.7. The number of aliphatic hydroxyl groups is 1. The van der Waals surface area contributed by atoms with Crippen LogP contribution in [0.5, 0.6) is 0 Å². The van der Waals surface area contributed by atoms with E-state index >= 15 is 0 Å². The van der Waals surface area contributed by atoms with Crippen LogP contribution in [0.2, 0.25) is 0 Å². The number of thiazole rings is 1. The maximum atomic E-state index is 12.9. The van der Waals surface area contributed by atoms with Crippen LogP contribution in [0, 0.1) is 0 Å². The number of benzene rings is 1. The summed E-state index contributed by atoms with van der Waals surface area (Å²) in [5.74, 6) is -0.0824. The lowest BCUT2D eigenvalue weighted by atomic mass is 10.1. The van der Waals surface area contributed by atoms with Crippen LogP contribution in [0.1, 0.15) is 15.4 Å². The Balaban J connectivity index is 1.94. The first kappa shape index (κ1) is 14.7. The first-order valence-electron chi connectivity index (χ1n) is 7.03. The molecule has 1 amide bonds. The van der Waals surface area contributed by atoms with Gasteiger partial charge in [-0.2, -0.15) is 0 Å². The summed E-state index contributed by atoms with van der Waals surface area (Å²) in [7, 11) is 1.96. The number of nitrogens with zero attached hydrogens (tertiary/aromatic N) is 3. The Morgan fingerprint density at radius 2 is 2.27 bits per heavy atom. The van der Waals surface area contributed by atoms with Crippen LogP contribution in [0.3, 0.4) is 0 Å². The highest BCUT2D eigenvalue weighted by atomic mass is 32.1. The molecule has 5 nitrogen and oxygen atoms in total. The number of amides is 1. The van der Waals surface area contributed by atoms with Crippen molar-refractivity contribution in [1.29, 1.82) is 0 Å². The number of fused-ring (bicyclic) bond motifs is 1. The van der Waals surface area contributed by atoms with Crippen molar-refractivity contribution in [3.05, 3.63) is 52.6 Å². The third-order valence-electron chi connectivity index (χ3n) is 3.63. The van der Waals surface area contributed by atoms with E-state index in [4.69, 9.17) is 0 Å². The fourth-order valence-corrected chi connectivity index (χ4v) is 3.16. The Morgan fingerprint density at radius 1 is 1.41 bits per heavy atom. The summed E-state index contributed by atoms with van der Waals surface area (Å²) in [5.41, 5.74) is 1.67. The van der Waals surface area contributed by atoms with Gasteiger partial charge in [-0.25, -0.2) is 4.98 Å². The highest BCUT2D eigenvalue weighted by Gasteiger charge is 2.19. The minimum Gasteiger partial charge on any atom is -0.395 e. The summed E-state index contributed by atoms with van der Waals surface area (Å²) in [6.45, 7) is 0.643. The van der Waals surface area contributed by atoms with Gasteiger partial charge in [0.15, 0.2) is 0 Å². The second-order valence-corrected chi connectivity index (χ2v) is 6.02. The number of aromatic nitrogens is 2. The predicted molar refractivity (Wildman–Crippen MR) is 86.9 cm³/mol. The Hall–Kier alpha value is -2.18. The van der Waals surface area contributed by atoms with E-state index in [2.05, 4.69) is 4.98 Å². The standard InChI is InChI=1S/C16H17N3O2S/c1-18-7-5-12-13(3-2-4-14(12)18)16(21)19(8-9-20)11-15-17-6-10-22-15/h2-7,10,20H,8-9,11H2,1H3. The number of aliphatic hydroxyl groups excluding tert-OH is 1. The number of carbonyl (C=O) groups excluding carboxylic acids is 1. The molecule has 0 atom stereocenters. The minimum absolute atomic E-state index is 0.0676. The van der Waals surface area contributed by atoms with E-state index in [-0.39, 0.29) is 12.5 Å². The highest BCUT2D eigenvalue weighted by Crippen LogP contribution is 2.22. The van der Waals surface area contributed by atoms with Gasteiger partial charge in [-0.1, -0.05) is 6.07 Å². The molecule has 0 unspecified atom stereocenters. The van der Waals surface area contributed by atoms with Gasteiger partial charge in [0.1, 0.15) is 5.01 Å². The summed E-state index contributed by atoms with van der Waals surface area (Å²) < 4.78 is 1.99. The molecule has 0 saturated carbocycles. The molecule has 0 radical (unpaired) electrons. The van der Waals surface area contributed by atoms with Gasteiger partial charge in [0.05, 0.1) is 13.2 Å². The van der Waals surface area contributed by atoms with Gasteiger partial charge in [-0.3, -0.25) is 4.79 Å². The molecule has 3 rings (SSSR count). The van der Waals surface area contributed by atoms with Gasteiger partial charge in [0.2, 0.25) is 0 Å². The SMILES string of the molecule is Cn1ccc2c(C(=O)N(CCO)Cc3nccs3)cccc21. The lowest BCUT2D eigenvalue weighted by Gasteiger charge is -2.21. The molecule has 0 aliphatic rings. The number of hydrogen-bond donors (Lipinski definition) is 1. The lowest BCUT2D eigenvalue weighted by molar-refractivity contribution is 0.0709. The zero-order valence-electron chi connectivity index (χ0n) is 12.3. The fourth-order valence-electron chi connectivity index (χ4n) is 2.53. The molecule has 114 valence electrons. The molecular weight excluding hydrogens is 298 g/mol. The van der Waals surface area contributed by atoms with Crippen molar-refractivity contribution >= 4 is 28.1 Å². The van der Waals surface area contributed by atoms with Gasteiger partial charge in [-0.15, -0.1) is 11.3 Å². The van der Waals surface area contributed by atoms with Gasteiger partial charge < -0.3 is 14.6 Å². The van der Waals surface area contributed by atoms with Crippen LogP contribution >= 0.6 is 11.3 Å². The summed E-state index contributed by atoms with van der Waals surface area (Å²) in [6.07, 6.45) is 3.66. The largest absolute Gasteiger partial charge is 0.395 e. The first-order valence-corrected chi connectivity index (χ1v) is 7.91. The molecule has 2 heterocycles. The van der Waals surface area contributed by atoms with Gasteiger partial charge in [0, 0.05) is 47.8 Å². The lowest BCUT2D eigenvalue weighted by Crippen LogP contribution is -2.33. The topological polar surface area (TPSA) is 58.4 Å². The van der Waals surface area contributed by atoms with Crippen LogP contribution in [0.15, 0.2) is 42.0 Å².